The highest BCUT2D eigenvalue weighted by molar-refractivity contribution is 5.83. The van der Waals surface area contributed by atoms with Gasteiger partial charge in [-0.25, -0.2) is 4.98 Å². The molecular weight excluding hydrogens is 376 g/mol. The lowest BCUT2D eigenvalue weighted by molar-refractivity contribution is 0.209. The molecule has 0 radical (unpaired) electrons. The number of nitrogens with zero attached hydrogens (tertiary/aromatic N) is 3. The van der Waals surface area contributed by atoms with Crippen molar-refractivity contribution in [1.82, 2.24) is 14.8 Å². The predicted octanol–water partition coefficient (Wildman–Crippen LogP) is 4.52. The fourth-order valence-corrected chi connectivity index (χ4v) is 3.73. The van der Waals surface area contributed by atoms with Gasteiger partial charge in [0.2, 0.25) is 5.88 Å². The molecule has 0 aliphatic rings. The fraction of sp³-hybridized carbons (Fsp3) is 0.250. The second-order valence-electron chi connectivity index (χ2n) is 7.45. The molecule has 2 N–H and O–H groups in total. The lowest BCUT2D eigenvalue weighted by Gasteiger charge is -2.18. The van der Waals surface area contributed by atoms with E-state index in [1.807, 2.05) is 54.9 Å². The Hall–Kier alpha value is -3.38. The minimum atomic E-state index is -0.930. The van der Waals surface area contributed by atoms with Gasteiger partial charge >= 0.3 is 0 Å². The normalized spacial score (nSPS) is 12.2. The van der Waals surface area contributed by atoms with Crippen LogP contribution >= 0.6 is 0 Å². The smallest absolute Gasteiger partial charge is 0.213 e. The minimum Gasteiger partial charge on any atom is -0.481 e. The average molecular weight is 402 g/mol. The van der Waals surface area contributed by atoms with E-state index < -0.39 is 6.23 Å². The van der Waals surface area contributed by atoms with E-state index in [9.17, 15) is 5.11 Å². The number of benzene rings is 2. The maximum Gasteiger partial charge on any atom is 0.213 e. The molecular formula is C24H26N4O2. The number of hydrogen-bond donors (Lipinski definition) is 2. The largest absolute Gasteiger partial charge is 0.481 e. The number of aliphatic hydroxyl groups excluding tert-OH is 1. The van der Waals surface area contributed by atoms with Crippen LogP contribution in [0.5, 0.6) is 5.88 Å². The number of anilines is 1. The number of hydrogen-bond acceptors (Lipinski definition) is 5. The van der Waals surface area contributed by atoms with E-state index >= 15 is 0 Å². The third kappa shape index (κ3) is 3.74. The van der Waals surface area contributed by atoms with Crippen LogP contribution in [-0.4, -0.2) is 27.0 Å². The molecule has 0 saturated carbocycles. The maximum absolute atomic E-state index is 11.1. The first-order chi connectivity index (χ1) is 14.5. The third-order valence-electron chi connectivity index (χ3n) is 5.47. The van der Waals surface area contributed by atoms with Crippen molar-refractivity contribution in [3.8, 4) is 5.88 Å². The van der Waals surface area contributed by atoms with Crippen LogP contribution in [-0.2, 0) is 6.54 Å². The summed E-state index contributed by atoms with van der Waals surface area (Å²) in [7, 11) is 1.57. The summed E-state index contributed by atoms with van der Waals surface area (Å²) < 4.78 is 7.30. The Morgan fingerprint density at radius 3 is 2.57 bits per heavy atom. The molecule has 0 bridgehead atoms. The van der Waals surface area contributed by atoms with Gasteiger partial charge < -0.3 is 15.2 Å². The second-order valence-corrected chi connectivity index (χ2v) is 7.45. The van der Waals surface area contributed by atoms with Gasteiger partial charge in [0.25, 0.3) is 0 Å². The van der Waals surface area contributed by atoms with Crippen molar-refractivity contribution in [2.45, 2.75) is 33.5 Å². The molecule has 2 aromatic heterocycles. The summed E-state index contributed by atoms with van der Waals surface area (Å²) in [4.78, 5) is 4.46. The van der Waals surface area contributed by atoms with Crippen molar-refractivity contribution in [3.63, 3.8) is 0 Å². The average Bonchev–Trinajstić information content (AvgIpc) is 3.01. The SMILES string of the molecule is COc1cc(C(O)Nc2c(C)nn(Cc3ccccc3C)c2C)c2ccccc2n1. The van der Waals surface area contributed by atoms with E-state index in [-0.39, 0.29) is 0 Å². The van der Waals surface area contributed by atoms with Crippen LogP contribution in [0, 0.1) is 20.8 Å². The number of methoxy groups -OCH3 is 1. The van der Waals surface area contributed by atoms with Gasteiger partial charge in [-0.3, -0.25) is 4.68 Å². The zero-order chi connectivity index (χ0) is 21.3. The van der Waals surface area contributed by atoms with Crippen molar-refractivity contribution < 1.29 is 9.84 Å². The summed E-state index contributed by atoms with van der Waals surface area (Å²) >= 11 is 0. The summed E-state index contributed by atoms with van der Waals surface area (Å²) in [5.41, 5.74) is 6.58. The van der Waals surface area contributed by atoms with Crippen LogP contribution in [0.1, 0.15) is 34.3 Å². The molecule has 154 valence electrons. The van der Waals surface area contributed by atoms with Gasteiger partial charge in [0, 0.05) is 17.0 Å². The molecule has 4 rings (SSSR count). The summed E-state index contributed by atoms with van der Waals surface area (Å²) in [6.45, 7) is 6.75. The van der Waals surface area contributed by atoms with Crippen LogP contribution in [0.3, 0.4) is 0 Å². The number of nitrogens with one attached hydrogen (secondary N) is 1. The maximum atomic E-state index is 11.1. The molecule has 0 spiro atoms. The second kappa shape index (κ2) is 8.16. The lowest BCUT2D eigenvalue weighted by atomic mass is 10.1. The number of pyridine rings is 1. The highest BCUT2D eigenvalue weighted by Crippen LogP contribution is 2.30. The molecule has 0 aliphatic carbocycles. The summed E-state index contributed by atoms with van der Waals surface area (Å²) in [5, 5.41) is 19.9. The first-order valence-electron chi connectivity index (χ1n) is 9.94. The molecule has 2 heterocycles. The van der Waals surface area contributed by atoms with Gasteiger partial charge in [-0.05, 0) is 38.0 Å². The van der Waals surface area contributed by atoms with Crippen molar-refractivity contribution in [3.05, 3.63) is 82.7 Å². The molecule has 1 atom stereocenters. The van der Waals surface area contributed by atoms with Crippen molar-refractivity contribution >= 4 is 16.6 Å². The highest BCUT2D eigenvalue weighted by Gasteiger charge is 2.19. The van der Waals surface area contributed by atoms with E-state index in [4.69, 9.17) is 9.84 Å². The Balaban J connectivity index is 1.66. The topological polar surface area (TPSA) is 72.2 Å². The van der Waals surface area contributed by atoms with Crippen LogP contribution in [0.15, 0.2) is 54.6 Å². The number of rotatable bonds is 6. The highest BCUT2D eigenvalue weighted by atomic mass is 16.5. The molecule has 2 aromatic carbocycles. The molecule has 4 aromatic rings. The predicted molar refractivity (Wildman–Crippen MR) is 119 cm³/mol. The summed E-state index contributed by atoms with van der Waals surface area (Å²) in [6.07, 6.45) is -0.930. The Kier molecular flexibility index (Phi) is 5.42. The monoisotopic (exact) mass is 402 g/mol. The molecule has 0 aliphatic heterocycles. The first-order valence-corrected chi connectivity index (χ1v) is 9.94. The van der Waals surface area contributed by atoms with Gasteiger partial charge in [0.05, 0.1) is 36.2 Å². The molecule has 0 amide bonds. The number of aryl methyl sites for hydroxylation is 2. The van der Waals surface area contributed by atoms with E-state index in [2.05, 4.69) is 29.4 Å². The van der Waals surface area contributed by atoms with Crippen LogP contribution in [0.2, 0.25) is 0 Å². The number of aliphatic hydroxyl groups is 1. The Morgan fingerprint density at radius 2 is 1.80 bits per heavy atom. The van der Waals surface area contributed by atoms with Crippen molar-refractivity contribution in [2.24, 2.45) is 0 Å². The van der Waals surface area contributed by atoms with Gasteiger partial charge in [0.1, 0.15) is 0 Å². The summed E-state index contributed by atoms with van der Waals surface area (Å²) in [5.74, 6) is 0.466. The van der Waals surface area contributed by atoms with Crippen LogP contribution in [0.25, 0.3) is 10.9 Å². The number of aromatic nitrogens is 3. The quantitative estimate of drug-likeness (QED) is 0.464. The molecule has 0 saturated heterocycles. The van der Waals surface area contributed by atoms with Gasteiger partial charge in [-0.2, -0.15) is 5.10 Å². The van der Waals surface area contributed by atoms with Crippen LogP contribution in [0.4, 0.5) is 5.69 Å². The zero-order valence-electron chi connectivity index (χ0n) is 17.7. The van der Waals surface area contributed by atoms with E-state index in [1.54, 1.807) is 13.2 Å². The first kappa shape index (κ1) is 19.9. The molecule has 0 fully saturated rings. The summed E-state index contributed by atoms with van der Waals surface area (Å²) in [6, 6.07) is 17.8. The van der Waals surface area contributed by atoms with Crippen molar-refractivity contribution in [2.75, 3.05) is 12.4 Å². The fourth-order valence-electron chi connectivity index (χ4n) is 3.73. The molecule has 6 nitrogen and oxygen atoms in total. The zero-order valence-corrected chi connectivity index (χ0v) is 17.7. The molecule has 6 heteroatoms. The number of ether oxygens (including phenoxy) is 1. The van der Waals surface area contributed by atoms with Crippen LogP contribution < -0.4 is 10.1 Å². The standard InChI is InChI=1S/C24H26N4O2/c1-15-9-5-6-10-18(15)14-28-17(3)23(16(2)27-28)26-24(29)20-13-22(30-4)25-21-12-8-7-11-19(20)21/h5-13,24,26,29H,14H2,1-4H3. The Labute approximate surface area is 176 Å². The molecule has 30 heavy (non-hydrogen) atoms. The van der Waals surface area contributed by atoms with E-state index in [0.29, 0.717) is 18.0 Å². The minimum absolute atomic E-state index is 0.466. The van der Waals surface area contributed by atoms with Crippen molar-refractivity contribution in [1.29, 1.82) is 0 Å². The third-order valence-corrected chi connectivity index (χ3v) is 5.47. The van der Waals surface area contributed by atoms with Gasteiger partial charge in [0.15, 0.2) is 6.23 Å². The number of fused-ring (bicyclic) bond motifs is 1. The molecule has 1 unspecified atom stereocenters. The Morgan fingerprint density at radius 1 is 1.07 bits per heavy atom. The number of para-hydroxylation sites is 1. The van der Waals surface area contributed by atoms with Gasteiger partial charge in [-0.1, -0.05) is 42.5 Å². The van der Waals surface area contributed by atoms with Gasteiger partial charge in [-0.15, -0.1) is 0 Å². The Bertz CT molecular complexity index is 1200. The van der Waals surface area contributed by atoms with E-state index in [0.717, 1.165) is 28.0 Å². The van der Waals surface area contributed by atoms with E-state index in [1.165, 1.54) is 11.1 Å². The lowest BCUT2D eigenvalue weighted by Crippen LogP contribution is -2.12.